The molecule has 0 saturated carbocycles. The summed E-state index contributed by atoms with van der Waals surface area (Å²) in [6.45, 7) is 5.83. The number of benzene rings is 1. The van der Waals surface area contributed by atoms with Gasteiger partial charge in [-0.05, 0) is 19.1 Å². The first kappa shape index (κ1) is 11.7. The Bertz CT molecular complexity index is 609. The van der Waals surface area contributed by atoms with Crippen molar-refractivity contribution in [1.82, 2.24) is 0 Å². The van der Waals surface area contributed by atoms with Crippen LogP contribution in [-0.2, 0) is 0 Å². The van der Waals surface area contributed by atoms with E-state index >= 15 is 0 Å². The summed E-state index contributed by atoms with van der Waals surface area (Å²) in [4.78, 5) is 12.2. The summed E-state index contributed by atoms with van der Waals surface area (Å²) in [6, 6.07) is 5.27. The highest BCUT2D eigenvalue weighted by Crippen LogP contribution is 2.24. The maximum Gasteiger partial charge on any atom is 0.195 e. The molecular weight excluding hydrogens is 216 g/mol. The second-order valence-corrected chi connectivity index (χ2v) is 4.44. The van der Waals surface area contributed by atoms with Crippen LogP contribution >= 0.6 is 0 Å². The Hall–Kier alpha value is -1.77. The van der Waals surface area contributed by atoms with Crippen molar-refractivity contribution in [1.29, 1.82) is 0 Å². The number of methoxy groups -OCH3 is 1. The second kappa shape index (κ2) is 4.24. The summed E-state index contributed by atoms with van der Waals surface area (Å²) >= 11 is 0. The molecular formula is C14H16O3. The van der Waals surface area contributed by atoms with E-state index in [2.05, 4.69) is 0 Å². The van der Waals surface area contributed by atoms with Crippen molar-refractivity contribution in [3.05, 3.63) is 39.7 Å². The Labute approximate surface area is 100 Å². The Morgan fingerprint density at radius 1 is 1.29 bits per heavy atom. The van der Waals surface area contributed by atoms with E-state index < -0.39 is 0 Å². The van der Waals surface area contributed by atoms with Crippen LogP contribution in [0.25, 0.3) is 11.0 Å². The minimum absolute atomic E-state index is 0.0394. The standard InChI is InChI=1S/C14H16O3/c1-8(2)14-9(3)13(15)11-6-5-10(16-4)7-12(11)17-14/h5-8H,1-4H3. The molecule has 1 aromatic heterocycles. The topological polar surface area (TPSA) is 39.4 Å². The van der Waals surface area contributed by atoms with E-state index in [4.69, 9.17) is 9.15 Å². The zero-order valence-electron chi connectivity index (χ0n) is 10.5. The minimum Gasteiger partial charge on any atom is -0.497 e. The molecule has 0 spiro atoms. The van der Waals surface area contributed by atoms with Gasteiger partial charge in [0.2, 0.25) is 0 Å². The molecule has 1 heterocycles. The number of hydrogen-bond acceptors (Lipinski definition) is 3. The number of ether oxygens (including phenoxy) is 1. The van der Waals surface area contributed by atoms with E-state index in [1.54, 1.807) is 25.3 Å². The number of rotatable bonds is 2. The molecule has 0 aliphatic heterocycles. The van der Waals surface area contributed by atoms with Crippen molar-refractivity contribution in [3.8, 4) is 5.75 Å². The highest BCUT2D eigenvalue weighted by atomic mass is 16.5. The monoisotopic (exact) mass is 232 g/mol. The maximum atomic E-state index is 12.2. The minimum atomic E-state index is 0.0394. The van der Waals surface area contributed by atoms with Crippen LogP contribution in [0.4, 0.5) is 0 Å². The lowest BCUT2D eigenvalue weighted by Crippen LogP contribution is -2.10. The summed E-state index contributed by atoms with van der Waals surface area (Å²) in [5.74, 6) is 1.63. The van der Waals surface area contributed by atoms with Gasteiger partial charge in [-0.2, -0.15) is 0 Å². The summed E-state index contributed by atoms with van der Waals surface area (Å²) in [6.07, 6.45) is 0. The Kier molecular flexibility index (Phi) is 2.92. The van der Waals surface area contributed by atoms with Gasteiger partial charge < -0.3 is 9.15 Å². The van der Waals surface area contributed by atoms with Gasteiger partial charge in [0.1, 0.15) is 17.1 Å². The van der Waals surface area contributed by atoms with Crippen LogP contribution < -0.4 is 10.2 Å². The van der Waals surface area contributed by atoms with Crippen LogP contribution in [0.2, 0.25) is 0 Å². The fourth-order valence-electron chi connectivity index (χ4n) is 1.96. The molecule has 3 nitrogen and oxygen atoms in total. The molecule has 2 rings (SSSR count). The fourth-order valence-corrected chi connectivity index (χ4v) is 1.96. The molecule has 0 N–H and O–H groups in total. The summed E-state index contributed by atoms with van der Waals surface area (Å²) in [5, 5.41) is 0.604. The molecule has 0 atom stereocenters. The molecule has 0 bridgehead atoms. The van der Waals surface area contributed by atoms with E-state index in [0.717, 1.165) is 5.76 Å². The van der Waals surface area contributed by atoms with Crippen molar-refractivity contribution in [2.45, 2.75) is 26.7 Å². The zero-order chi connectivity index (χ0) is 12.6. The van der Waals surface area contributed by atoms with Crippen molar-refractivity contribution in [2.24, 2.45) is 0 Å². The van der Waals surface area contributed by atoms with Crippen molar-refractivity contribution in [2.75, 3.05) is 7.11 Å². The van der Waals surface area contributed by atoms with Crippen molar-refractivity contribution >= 4 is 11.0 Å². The van der Waals surface area contributed by atoms with Crippen LogP contribution in [0.15, 0.2) is 27.4 Å². The number of hydrogen-bond donors (Lipinski definition) is 0. The predicted octanol–water partition coefficient (Wildman–Crippen LogP) is 3.23. The zero-order valence-corrected chi connectivity index (χ0v) is 10.5. The van der Waals surface area contributed by atoms with Gasteiger partial charge in [-0.3, -0.25) is 4.79 Å². The highest BCUT2D eigenvalue weighted by molar-refractivity contribution is 5.78. The molecule has 1 aromatic carbocycles. The first-order chi connectivity index (χ1) is 8.04. The molecule has 90 valence electrons. The Morgan fingerprint density at radius 3 is 2.59 bits per heavy atom. The van der Waals surface area contributed by atoms with E-state index in [-0.39, 0.29) is 11.3 Å². The van der Waals surface area contributed by atoms with E-state index in [1.807, 2.05) is 20.8 Å². The molecule has 0 aliphatic rings. The third-order valence-corrected chi connectivity index (χ3v) is 2.89. The summed E-state index contributed by atoms with van der Waals surface area (Å²) in [5.41, 5.74) is 1.32. The van der Waals surface area contributed by atoms with Crippen LogP contribution in [0, 0.1) is 6.92 Å². The lowest BCUT2D eigenvalue weighted by atomic mass is 10.0. The van der Waals surface area contributed by atoms with Gasteiger partial charge in [0.05, 0.1) is 12.5 Å². The molecule has 0 amide bonds. The van der Waals surface area contributed by atoms with Gasteiger partial charge in [-0.1, -0.05) is 13.8 Å². The number of fused-ring (bicyclic) bond motifs is 1. The highest BCUT2D eigenvalue weighted by Gasteiger charge is 2.13. The van der Waals surface area contributed by atoms with Crippen LogP contribution in [0.1, 0.15) is 31.1 Å². The fraction of sp³-hybridized carbons (Fsp3) is 0.357. The third-order valence-electron chi connectivity index (χ3n) is 2.89. The molecule has 0 saturated heterocycles. The second-order valence-electron chi connectivity index (χ2n) is 4.44. The largest absolute Gasteiger partial charge is 0.497 e. The van der Waals surface area contributed by atoms with Crippen LogP contribution in [-0.4, -0.2) is 7.11 Å². The average molecular weight is 232 g/mol. The van der Waals surface area contributed by atoms with Gasteiger partial charge in [0.15, 0.2) is 5.43 Å². The third kappa shape index (κ3) is 1.93. The molecule has 0 aliphatic carbocycles. The normalized spacial score (nSPS) is 11.1. The van der Waals surface area contributed by atoms with Gasteiger partial charge in [-0.25, -0.2) is 0 Å². The van der Waals surface area contributed by atoms with Crippen LogP contribution in [0.5, 0.6) is 5.75 Å². The van der Waals surface area contributed by atoms with E-state index in [9.17, 15) is 4.79 Å². The Morgan fingerprint density at radius 2 is 2.00 bits per heavy atom. The SMILES string of the molecule is COc1ccc2c(=O)c(C)c(C(C)C)oc2c1. The molecule has 0 fully saturated rings. The molecule has 17 heavy (non-hydrogen) atoms. The first-order valence-electron chi connectivity index (χ1n) is 5.66. The summed E-state index contributed by atoms with van der Waals surface area (Å²) < 4.78 is 10.9. The quantitative estimate of drug-likeness (QED) is 0.798. The van der Waals surface area contributed by atoms with Gasteiger partial charge >= 0.3 is 0 Å². The maximum absolute atomic E-state index is 12.2. The smallest absolute Gasteiger partial charge is 0.195 e. The van der Waals surface area contributed by atoms with E-state index in [1.165, 1.54) is 0 Å². The molecule has 2 aromatic rings. The lowest BCUT2D eigenvalue weighted by molar-refractivity contribution is 0.413. The van der Waals surface area contributed by atoms with Gasteiger partial charge in [0, 0.05) is 17.5 Å². The van der Waals surface area contributed by atoms with Crippen LogP contribution in [0.3, 0.4) is 0 Å². The Balaban J connectivity index is 2.82. The van der Waals surface area contributed by atoms with Crippen molar-refractivity contribution < 1.29 is 9.15 Å². The predicted molar refractivity (Wildman–Crippen MR) is 67.9 cm³/mol. The first-order valence-corrected chi connectivity index (χ1v) is 5.66. The molecule has 0 unspecified atom stereocenters. The molecule has 0 radical (unpaired) electrons. The van der Waals surface area contributed by atoms with Gasteiger partial charge in [-0.15, -0.1) is 0 Å². The lowest BCUT2D eigenvalue weighted by Gasteiger charge is -2.10. The van der Waals surface area contributed by atoms with Crippen molar-refractivity contribution in [3.63, 3.8) is 0 Å². The molecule has 3 heteroatoms. The van der Waals surface area contributed by atoms with Gasteiger partial charge in [0.25, 0.3) is 0 Å². The average Bonchev–Trinajstić information content (AvgIpc) is 2.32. The summed E-state index contributed by atoms with van der Waals surface area (Å²) in [7, 11) is 1.59. The van der Waals surface area contributed by atoms with E-state index in [0.29, 0.717) is 22.3 Å².